The number of rotatable bonds is 28. The van der Waals surface area contributed by atoms with Crippen molar-refractivity contribution >= 4 is 34.2 Å². The van der Waals surface area contributed by atoms with Gasteiger partial charge in [0.1, 0.15) is 135 Å². The Hall–Kier alpha value is -7.98. The Labute approximate surface area is 618 Å². The van der Waals surface area contributed by atoms with Gasteiger partial charge in [0.15, 0.2) is 18.9 Å². The minimum Gasteiger partial charge on any atom is -0.491 e. The predicted molar refractivity (Wildman–Crippen MR) is 383 cm³/mol. The lowest BCUT2D eigenvalue weighted by Gasteiger charge is -2.39. The van der Waals surface area contributed by atoms with Crippen LogP contribution >= 0.6 is 0 Å². The Bertz CT molecular complexity index is 4110. The Balaban J connectivity index is 0.908. The molecule has 108 heavy (non-hydrogen) atoms. The summed E-state index contributed by atoms with van der Waals surface area (Å²) in [6, 6.07) is 37.2. The fourth-order valence-corrected chi connectivity index (χ4v) is 14.3. The van der Waals surface area contributed by atoms with Crippen molar-refractivity contribution in [2.75, 3.05) is 79.3 Å². The number of hydrogen-bond acceptors (Lipinski definition) is 29. The van der Waals surface area contributed by atoms with E-state index in [-0.39, 0.29) is 59.3 Å². The van der Waals surface area contributed by atoms with Gasteiger partial charge in [-0.15, -0.1) is 0 Å². The Morgan fingerprint density at radius 3 is 1.00 bits per heavy atom. The Morgan fingerprint density at radius 1 is 0.333 bits per heavy atom. The van der Waals surface area contributed by atoms with E-state index in [1.807, 2.05) is 109 Å². The van der Waals surface area contributed by atoms with Crippen LogP contribution in [0.5, 0.6) is 23.0 Å². The van der Waals surface area contributed by atoms with Crippen LogP contribution in [0.1, 0.15) is 29.2 Å². The van der Waals surface area contributed by atoms with Crippen molar-refractivity contribution < 1.29 is 134 Å². The van der Waals surface area contributed by atoms with E-state index in [0.29, 0.717) is 125 Å². The zero-order valence-corrected chi connectivity index (χ0v) is 58.4. The number of aromatic amines is 2. The highest BCUT2D eigenvalue weighted by Crippen LogP contribution is 2.41. The first-order chi connectivity index (χ1) is 52.3. The molecule has 0 radical (unpaired) electrons. The fraction of sp³-hybridized carbons (Fsp3) is 0.455. The number of hydrogen-bond donors (Lipinski definition) is 18. The highest BCUT2D eigenvalue weighted by atomic mass is 16.7. The first-order valence-corrected chi connectivity index (χ1v) is 35.7. The molecule has 4 aromatic carbocycles. The van der Waals surface area contributed by atoms with Crippen LogP contribution < -0.4 is 18.9 Å². The monoisotopic (exact) mass is 1500 g/mol. The number of aromatic nitrogens is 4. The van der Waals surface area contributed by atoms with Gasteiger partial charge < -0.3 is 144 Å². The van der Waals surface area contributed by atoms with E-state index in [0.717, 1.165) is 0 Å². The first-order valence-electron chi connectivity index (χ1n) is 35.7. The average Bonchev–Trinajstić information content (AvgIpc) is 1.63. The number of aryl methyl sites for hydroxylation is 2. The molecule has 0 amide bonds. The summed E-state index contributed by atoms with van der Waals surface area (Å²) in [4.78, 5) is 18.5. The highest BCUT2D eigenvalue weighted by molar-refractivity contribution is 5.97. The number of H-pyrrole nitrogens is 2. The molecule has 13 rings (SSSR count). The molecule has 1 aliphatic carbocycles. The van der Waals surface area contributed by atoms with Crippen LogP contribution in [0.3, 0.4) is 0 Å². The summed E-state index contributed by atoms with van der Waals surface area (Å²) in [6.45, 7) is -2.87. The number of nitrogens with one attached hydrogen (secondary N) is 2. The number of ether oxygens (including phenoxy) is 11. The number of aliphatic hydroxyl groups excluding tert-OH is 16. The summed E-state index contributed by atoms with van der Waals surface area (Å²) in [7, 11) is 0. The van der Waals surface area contributed by atoms with Gasteiger partial charge in [0.25, 0.3) is 0 Å². The van der Waals surface area contributed by atoms with Crippen molar-refractivity contribution in [3.05, 3.63) is 144 Å². The molecule has 580 valence electrons. The summed E-state index contributed by atoms with van der Waals surface area (Å²) >= 11 is 0. The minimum absolute atomic E-state index is 0.0105. The predicted octanol–water partition coefficient (Wildman–Crippen LogP) is 0.383. The molecule has 8 heterocycles. The van der Waals surface area contributed by atoms with Crippen LogP contribution in [0.15, 0.2) is 121 Å². The van der Waals surface area contributed by atoms with Crippen molar-refractivity contribution in [3.8, 4) is 67.5 Å². The third-order valence-electron chi connectivity index (χ3n) is 20.0. The lowest BCUT2D eigenvalue weighted by Crippen LogP contribution is -2.59. The van der Waals surface area contributed by atoms with E-state index < -0.39 is 149 Å². The van der Waals surface area contributed by atoms with E-state index in [2.05, 4.69) is 9.97 Å². The second kappa shape index (κ2) is 35.4. The lowest BCUT2D eigenvalue weighted by atomic mass is 9.81. The molecule has 31 heteroatoms. The van der Waals surface area contributed by atoms with Crippen LogP contribution in [0.2, 0.25) is 0 Å². The van der Waals surface area contributed by atoms with Gasteiger partial charge >= 0.3 is 0 Å². The molecule has 5 aliphatic heterocycles. The highest BCUT2D eigenvalue weighted by Gasteiger charge is 2.47. The molecule has 0 unspecified atom stereocenters. The van der Waals surface area contributed by atoms with Crippen molar-refractivity contribution in [3.63, 3.8) is 0 Å². The maximum Gasteiger partial charge on any atom is 0.186 e. The number of nitrogens with zero attached hydrogens (tertiary/aromatic N) is 2. The van der Waals surface area contributed by atoms with Crippen LogP contribution in [0.4, 0.5) is 0 Å². The number of benzene rings is 4. The van der Waals surface area contributed by atoms with Gasteiger partial charge in [-0.2, -0.15) is 0 Å². The van der Waals surface area contributed by atoms with Crippen LogP contribution in [0, 0.1) is 5.92 Å². The van der Waals surface area contributed by atoms with Gasteiger partial charge in [0.2, 0.25) is 0 Å². The summed E-state index contributed by atoms with van der Waals surface area (Å²) < 4.78 is 65.1. The van der Waals surface area contributed by atoms with Crippen molar-refractivity contribution in [2.24, 2.45) is 5.92 Å². The molecule has 4 fully saturated rings. The molecule has 31 nitrogen and oxygen atoms in total. The Morgan fingerprint density at radius 2 is 0.657 bits per heavy atom. The van der Waals surface area contributed by atoms with Crippen molar-refractivity contribution in [2.45, 2.75) is 136 Å². The Kier molecular flexibility index (Phi) is 25.6. The third kappa shape index (κ3) is 17.1. The van der Waals surface area contributed by atoms with Crippen LogP contribution in [-0.4, -0.2) is 297 Å². The molecule has 7 aromatic rings. The first kappa shape index (κ1) is 78.2. The molecule has 18 N–H and O–H groups in total. The van der Waals surface area contributed by atoms with Gasteiger partial charge in [-0.3, -0.25) is 4.98 Å². The maximum atomic E-state index is 10.8. The summed E-state index contributed by atoms with van der Waals surface area (Å²) in [5.41, 5.74) is 10.3. The van der Waals surface area contributed by atoms with Crippen molar-refractivity contribution in [1.29, 1.82) is 0 Å². The van der Waals surface area contributed by atoms with Crippen molar-refractivity contribution in [1.82, 2.24) is 19.9 Å². The molecular weight excluding hydrogens is 1410 g/mol. The SMILES string of the molecule is OC[C@H]1C[C@@H](OCCOc2cccc(-c3c4nc(c(-c5cccc(OCCO[C@@H]6O[C@H](CO)[C@@H](O)[C@H](O)[C@H]6O)c5)c5ccc([nH]5)c(-c5cccc(OCCO[C@@H]6O[C@H](CO)[C@@H](O)[C@H](O)[C@H]6O)c5)c5nc(c(-c6cccc(OCCO[C@@H]7O[C@H](CO)[C@@H](O)[C@H](O)[C@H]7O)c6)c6ccc3[nH]6)C=C5)CC4)c2)[C@H](O)[C@@H](O)[C@@H]1O. The molecule has 20 atom stereocenters. The standard InChI is InChI=1S/C77H90N4O27/c82-34-42-33-55(64(87)68(91)63(42)86)102-25-21-98-43-9-1-5-38(29-43)59-47-13-15-49(78-47)60(39-6-2-10-44(30-39)99-22-26-103-75-72(95)69(92)65(88)56(35-83)106-75)51-17-19-53(80-51)62(41-8-4-12-46(32-41)101-24-28-105-77-74(97)71(94)67(90)58(37-85)108-77)54-20-18-52(81-54)61(50-16-14-48(59)79-50)40-7-3-11-45(31-40)100-23-27-104-76-73(96)70(93)66(89)57(36-84)107-76/h1-13,15,17-20,29-32,42,55-58,63-78,81-97H,14,16,21-28,33-37H2/t42-,55-,56-,57-,58-,63-,64+,65-,66-,67-,68+,69+,70+,71+,72-,73-,74-,75-,76-,77-/m1/s1. The van der Waals surface area contributed by atoms with Crippen LogP contribution in [0.25, 0.3) is 78.7 Å². The van der Waals surface area contributed by atoms with E-state index >= 15 is 0 Å². The molecule has 0 spiro atoms. The van der Waals surface area contributed by atoms with Gasteiger partial charge in [-0.05, 0) is 126 Å². The van der Waals surface area contributed by atoms with E-state index in [9.17, 15) is 81.7 Å². The largest absolute Gasteiger partial charge is 0.491 e. The zero-order valence-electron chi connectivity index (χ0n) is 58.4. The van der Waals surface area contributed by atoms with Gasteiger partial charge in [-0.1, -0.05) is 48.5 Å². The summed E-state index contributed by atoms with van der Waals surface area (Å²) in [6.07, 6.45) is -22.5. The second-order valence-electron chi connectivity index (χ2n) is 27.1. The summed E-state index contributed by atoms with van der Waals surface area (Å²) in [5, 5.41) is 165. The van der Waals surface area contributed by atoms with Gasteiger partial charge in [0, 0.05) is 56.8 Å². The smallest absolute Gasteiger partial charge is 0.186 e. The molecule has 3 aromatic heterocycles. The average molecular weight is 1500 g/mol. The number of fused-ring (bicyclic) bond motifs is 8. The number of aliphatic hydroxyl groups is 16. The maximum absolute atomic E-state index is 10.8. The topological polar surface area (TPSA) is 483 Å². The van der Waals surface area contributed by atoms with Gasteiger partial charge in [-0.25, -0.2) is 4.98 Å². The fourth-order valence-electron chi connectivity index (χ4n) is 14.3. The van der Waals surface area contributed by atoms with E-state index in [4.69, 9.17) is 62.1 Å². The molecule has 1 saturated carbocycles. The zero-order chi connectivity index (χ0) is 75.9. The quantitative estimate of drug-likeness (QED) is 0.0295. The molecule has 8 bridgehead atoms. The third-order valence-corrected chi connectivity index (χ3v) is 20.0. The van der Waals surface area contributed by atoms with Crippen LogP contribution in [-0.2, 0) is 46.0 Å². The molecular formula is C77H90N4O27. The minimum atomic E-state index is -1.64. The summed E-state index contributed by atoms with van der Waals surface area (Å²) in [5.74, 6) is 1.00. The van der Waals surface area contributed by atoms with E-state index in [1.54, 1.807) is 24.3 Å². The van der Waals surface area contributed by atoms with Gasteiger partial charge in [0.05, 0.1) is 81.2 Å². The normalized spacial score (nSPS) is 29.3. The van der Waals surface area contributed by atoms with E-state index in [1.165, 1.54) is 0 Å². The lowest BCUT2D eigenvalue weighted by molar-refractivity contribution is -0.301. The molecule has 6 aliphatic rings. The second-order valence-corrected chi connectivity index (χ2v) is 27.1. The molecule has 3 saturated heterocycles.